The maximum atomic E-state index is 12.7. The number of hydrogen-bond acceptors (Lipinski definition) is 4. The molecule has 9 heteroatoms. The average molecular weight is 375 g/mol. The highest BCUT2D eigenvalue weighted by Gasteiger charge is 2.30. The number of carbonyl (C=O) groups is 1. The Kier molecular flexibility index (Phi) is 5.20. The quantitative estimate of drug-likeness (QED) is 0.740. The number of alkyl halides is 3. The van der Waals surface area contributed by atoms with Crippen molar-refractivity contribution in [1.29, 1.82) is 0 Å². The van der Waals surface area contributed by atoms with Crippen molar-refractivity contribution < 1.29 is 18.0 Å². The molecule has 27 heavy (non-hydrogen) atoms. The molecular weight excluding hydrogens is 359 g/mol. The summed E-state index contributed by atoms with van der Waals surface area (Å²) in [6, 6.07) is 12.0. The van der Waals surface area contributed by atoms with Crippen molar-refractivity contribution in [2.24, 2.45) is 0 Å². The first-order valence-corrected chi connectivity index (χ1v) is 8.19. The van der Waals surface area contributed by atoms with Crippen LogP contribution in [0.25, 0.3) is 11.4 Å². The predicted molar refractivity (Wildman–Crippen MR) is 92.7 cm³/mol. The Morgan fingerprint density at radius 2 is 1.89 bits per heavy atom. The normalized spacial score (nSPS) is 11.4. The highest BCUT2D eigenvalue weighted by Crippen LogP contribution is 2.30. The molecule has 3 aromatic rings. The lowest BCUT2D eigenvalue weighted by atomic mass is 10.1. The van der Waals surface area contributed by atoms with E-state index in [1.807, 2.05) is 31.2 Å². The van der Waals surface area contributed by atoms with Crippen LogP contribution >= 0.6 is 0 Å². The summed E-state index contributed by atoms with van der Waals surface area (Å²) in [5.74, 6) is -0.191. The number of aryl methyl sites for hydroxylation is 1. The van der Waals surface area contributed by atoms with Crippen molar-refractivity contribution in [3.05, 3.63) is 59.7 Å². The van der Waals surface area contributed by atoms with Gasteiger partial charge in [-0.2, -0.15) is 18.0 Å². The van der Waals surface area contributed by atoms with Gasteiger partial charge in [-0.15, -0.1) is 10.2 Å². The molecule has 0 aliphatic carbocycles. The molecule has 140 valence electrons. The van der Waals surface area contributed by atoms with Gasteiger partial charge in [0.1, 0.15) is 6.54 Å². The lowest BCUT2D eigenvalue weighted by molar-refractivity contribution is -0.137. The van der Waals surface area contributed by atoms with Crippen LogP contribution in [0, 0.1) is 0 Å². The van der Waals surface area contributed by atoms with Crippen LogP contribution in [0.2, 0.25) is 0 Å². The molecule has 0 unspecified atom stereocenters. The maximum Gasteiger partial charge on any atom is 0.416 e. The van der Waals surface area contributed by atoms with Gasteiger partial charge in [0.2, 0.25) is 11.7 Å². The molecule has 0 fully saturated rings. The SMILES string of the molecule is CCc1ccc(-c2nnn(CC(=O)Nc3cccc(C(F)(F)F)c3)n2)cc1. The van der Waals surface area contributed by atoms with Gasteiger partial charge in [0.25, 0.3) is 0 Å². The molecule has 3 rings (SSSR count). The Morgan fingerprint density at radius 1 is 1.15 bits per heavy atom. The van der Waals surface area contributed by atoms with E-state index in [4.69, 9.17) is 0 Å². The number of rotatable bonds is 5. The van der Waals surface area contributed by atoms with Crippen LogP contribution in [0.1, 0.15) is 18.1 Å². The van der Waals surface area contributed by atoms with Gasteiger partial charge < -0.3 is 5.32 Å². The van der Waals surface area contributed by atoms with E-state index in [9.17, 15) is 18.0 Å². The van der Waals surface area contributed by atoms with Crippen LogP contribution in [0.4, 0.5) is 18.9 Å². The Balaban J connectivity index is 1.66. The molecular formula is C18H16F3N5O. The summed E-state index contributed by atoms with van der Waals surface area (Å²) in [5.41, 5.74) is 1.14. The Morgan fingerprint density at radius 3 is 2.56 bits per heavy atom. The second kappa shape index (κ2) is 7.56. The first-order chi connectivity index (χ1) is 12.8. The van der Waals surface area contributed by atoms with E-state index >= 15 is 0 Å². The van der Waals surface area contributed by atoms with Gasteiger partial charge in [-0.1, -0.05) is 37.3 Å². The number of benzene rings is 2. The van der Waals surface area contributed by atoms with E-state index in [1.54, 1.807) is 0 Å². The van der Waals surface area contributed by atoms with E-state index < -0.39 is 17.6 Å². The van der Waals surface area contributed by atoms with E-state index in [2.05, 4.69) is 20.7 Å². The van der Waals surface area contributed by atoms with Gasteiger partial charge in [0, 0.05) is 11.3 Å². The van der Waals surface area contributed by atoms with Gasteiger partial charge in [-0.25, -0.2) is 0 Å². The first-order valence-electron chi connectivity index (χ1n) is 8.19. The van der Waals surface area contributed by atoms with Crippen molar-refractivity contribution >= 4 is 11.6 Å². The van der Waals surface area contributed by atoms with Gasteiger partial charge in [0.15, 0.2) is 0 Å². The van der Waals surface area contributed by atoms with Crippen LogP contribution in [0.3, 0.4) is 0 Å². The standard InChI is InChI=1S/C18H16F3N5O/c1-2-12-6-8-13(9-7-12)17-23-25-26(24-17)11-16(27)22-15-5-3-4-14(10-15)18(19,20)21/h3-10H,2,11H2,1H3,(H,22,27). The minimum Gasteiger partial charge on any atom is -0.324 e. The number of nitrogens with one attached hydrogen (secondary N) is 1. The third kappa shape index (κ3) is 4.69. The number of hydrogen-bond donors (Lipinski definition) is 1. The predicted octanol–water partition coefficient (Wildman–Crippen LogP) is 3.56. The molecule has 0 radical (unpaired) electrons. The Bertz CT molecular complexity index is 935. The van der Waals surface area contributed by atoms with Crippen molar-refractivity contribution in [1.82, 2.24) is 20.2 Å². The lowest BCUT2D eigenvalue weighted by Gasteiger charge is -2.09. The maximum absolute atomic E-state index is 12.7. The molecule has 0 atom stereocenters. The number of anilines is 1. The zero-order chi connectivity index (χ0) is 19.4. The van der Waals surface area contributed by atoms with E-state index in [0.717, 1.165) is 28.9 Å². The minimum atomic E-state index is -4.48. The summed E-state index contributed by atoms with van der Waals surface area (Å²) in [6.07, 6.45) is -3.56. The van der Waals surface area contributed by atoms with Gasteiger partial charge in [-0.3, -0.25) is 4.79 Å². The third-order valence-electron chi connectivity index (χ3n) is 3.83. The monoisotopic (exact) mass is 375 g/mol. The fraction of sp³-hybridized carbons (Fsp3) is 0.222. The summed E-state index contributed by atoms with van der Waals surface area (Å²) in [6.45, 7) is 1.78. The topological polar surface area (TPSA) is 72.7 Å². The fourth-order valence-electron chi connectivity index (χ4n) is 2.42. The second-order valence-corrected chi connectivity index (χ2v) is 5.82. The number of tetrazole rings is 1. The minimum absolute atomic E-state index is 0.0466. The number of carbonyl (C=O) groups excluding carboxylic acids is 1. The van der Waals surface area contributed by atoms with Crippen molar-refractivity contribution in [3.8, 4) is 11.4 Å². The number of nitrogens with zero attached hydrogens (tertiary/aromatic N) is 4. The summed E-state index contributed by atoms with van der Waals surface area (Å²) in [4.78, 5) is 13.1. The Labute approximate surface area is 153 Å². The molecule has 0 saturated carbocycles. The van der Waals surface area contributed by atoms with Crippen molar-refractivity contribution in [2.45, 2.75) is 26.1 Å². The van der Waals surface area contributed by atoms with E-state index in [0.29, 0.717) is 5.82 Å². The highest BCUT2D eigenvalue weighted by molar-refractivity contribution is 5.90. The van der Waals surface area contributed by atoms with Crippen LogP contribution in [0.5, 0.6) is 0 Å². The highest BCUT2D eigenvalue weighted by atomic mass is 19.4. The summed E-state index contributed by atoms with van der Waals surface area (Å²) < 4.78 is 38.2. The van der Waals surface area contributed by atoms with Crippen LogP contribution < -0.4 is 5.32 Å². The second-order valence-electron chi connectivity index (χ2n) is 5.82. The van der Waals surface area contributed by atoms with E-state index in [-0.39, 0.29) is 12.2 Å². The third-order valence-corrected chi connectivity index (χ3v) is 3.83. The Hall–Kier alpha value is -3.23. The smallest absolute Gasteiger partial charge is 0.324 e. The molecule has 1 heterocycles. The first kappa shape index (κ1) is 18.6. The van der Waals surface area contributed by atoms with Crippen LogP contribution in [-0.4, -0.2) is 26.1 Å². The van der Waals surface area contributed by atoms with E-state index in [1.165, 1.54) is 17.7 Å². The van der Waals surface area contributed by atoms with Gasteiger partial charge in [-0.05, 0) is 35.4 Å². The lowest BCUT2D eigenvalue weighted by Crippen LogP contribution is -2.20. The molecule has 0 bridgehead atoms. The van der Waals surface area contributed by atoms with Gasteiger partial charge >= 0.3 is 6.18 Å². The number of aromatic nitrogens is 4. The fourth-order valence-corrected chi connectivity index (χ4v) is 2.42. The number of amides is 1. The number of halogens is 3. The zero-order valence-corrected chi connectivity index (χ0v) is 14.4. The average Bonchev–Trinajstić information content (AvgIpc) is 3.09. The summed E-state index contributed by atoms with van der Waals surface area (Å²) >= 11 is 0. The summed E-state index contributed by atoms with van der Waals surface area (Å²) in [5, 5.41) is 14.2. The molecule has 0 spiro atoms. The molecule has 0 aliphatic rings. The molecule has 2 aromatic carbocycles. The molecule has 0 aliphatic heterocycles. The molecule has 1 amide bonds. The largest absolute Gasteiger partial charge is 0.416 e. The molecule has 6 nitrogen and oxygen atoms in total. The van der Waals surface area contributed by atoms with Crippen LogP contribution in [0.15, 0.2) is 48.5 Å². The zero-order valence-electron chi connectivity index (χ0n) is 14.4. The van der Waals surface area contributed by atoms with Gasteiger partial charge in [0.05, 0.1) is 5.56 Å². The molecule has 1 aromatic heterocycles. The van der Waals surface area contributed by atoms with Crippen LogP contribution in [-0.2, 0) is 23.9 Å². The molecule has 0 saturated heterocycles. The van der Waals surface area contributed by atoms with Crippen molar-refractivity contribution in [2.75, 3.05) is 5.32 Å². The molecule has 1 N–H and O–H groups in total. The summed E-state index contributed by atoms with van der Waals surface area (Å²) in [7, 11) is 0. The van der Waals surface area contributed by atoms with Crippen molar-refractivity contribution in [3.63, 3.8) is 0 Å².